The molecule has 0 radical (unpaired) electrons. The molecule has 0 atom stereocenters. The molecular weight excluding hydrogens is 238 g/mol. The van der Waals surface area contributed by atoms with Crippen LogP contribution in [0.5, 0.6) is 0 Å². The van der Waals surface area contributed by atoms with Gasteiger partial charge in [-0.15, -0.1) is 0 Å². The van der Waals surface area contributed by atoms with Crippen molar-refractivity contribution in [3.05, 3.63) is 36.2 Å². The topological polar surface area (TPSA) is 63.5 Å². The third-order valence-corrected chi connectivity index (χ3v) is 4.28. The van der Waals surface area contributed by atoms with Gasteiger partial charge in [-0.2, -0.15) is 5.10 Å². The molecule has 0 fully saturated rings. The summed E-state index contributed by atoms with van der Waals surface area (Å²) in [6.45, 7) is 3.51. The number of aromatic nitrogens is 2. The van der Waals surface area contributed by atoms with Crippen molar-refractivity contribution in [2.75, 3.05) is 0 Å². The molecular formula is C11H15N3O2S. The molecule has 2 rings (SSSR count). The summed E-state index contributed by atoms with van der Waals surface area (Å²) in [5.74, 6) is 0. The number of sulfonamides is 1. The van der Waals surface area contributed by atoms with Crippen molar-refractivity contribution in [3.63, 3.8) is 0 Å². The summed E-state index contributed by atoms with van der Waals surface area (Å²) in [6, 6.07) is 7.58. The zero-order valence-electron chi connectivity index (χ0n) is 9.79. The largest absolute Gasteiger partial charge is 0.241 e. The van der Waals surface area contributed by atoms with E-state index in [-0.39, 0.29) is 6.54 Å². The molecule has 0 aliphatic rings. The van der Waals surface area contributed by atoms with E-state index in [1.165, 1.54) is 0 Å². The van der Waals surface area contributed by atoms with E-state index in [1.54, 1.807) is 18.4 Å². The molecule has 0 aliphatic heterocycles. The highest BCUT2D eigenvalue weighted by Crippen LogP contribution is 2.06. The van der Waals surface area contributed by atoms with E-state index in [2.05, 4.69) is 9.82 Å². The number of hydrogen-bond donors (Lipinski definition) is 1. The molecule has 0 spiro atoms. The van der Waals surface area contributed by atoms with Crippen LogP contribution in [0.3, 0.4) is 0 Å². The van der Waals surface area contributed by atoms with Gasteiger partial charge in [0.25, 0.3) is 0 Å². The number of nitrogens with one attached hydrogen (secondary N) is 1. The molecule has 0 bridgehead atoms. The Balaban J connectivity index is 2.15. The van der Waals surface area contributed by atoms with Gasteiger partial charge in [0.05, 0.1) is 23.0 Å². The zero-order valence-corrected chi connectivity index (χ0v) is 10.6. The van der Waals surface area contributed by atoms with Crippen LogP contribution in [0.2, 0.25) is 0 Å². The number of nitrogens with zero attached hydrogens (tertiary/aromatic N) is 2. The maximum absolute atomic E-state index is 11.6. The minimum absolute atomic E-state index is 0.224. The lowest BCUT2D eigenvalue weighted by Gasteiger charge is -2.07. The van der Waals surface area contributed by atoms with Crippen LogP contribution in [-0.2, 0) is 16.6 Å². The van der Waals surface area contributed by atoms with Gasteiger partial charge < -0.3 is 0 Å². The average molecular weight is 253 g/mol. The Hall–Kier alpha value is -1.40. The minimum atomic E-state index is -3.23. The van der Waals surface area contributed by atoms with Crippen molar-refractivity contribution in [1.29, 1.82) is 0 Å². The number of fused-ring (bicyclic) bond motifs is 1. The van der Waals surface area contributed by atoms with Gasteiger partial charge >= 0.3 is 0 Å². The van der Waals surface area contributed by atoms with Crippen molar-refractivity contribution in [3.8, 4) is 0 Å². The van der Waals surface area contributed by atoms with Crippen LogP contribution in [0.25, 0.3) is 5.52 Å². The highest BCUT2D eigenvalue weighted by atomic mass is 32.2. The Morgan fingerprint density at radius 3 is 2.82 bits per heavy atom. The van der Waals surface area contributed by atoms with Crippen LogP contribution in [-0.4, -0.2) is 23.3 Å². The average Bonchev–Trinajstić information content (AvgIpc) is 2.69. The Bertz CT molecular complexity index is 583. The van der Waals surface area contributed by atoms with Gasteiger partial charge in [-0.25, -0.2) is 17.7 Å². The predicted octanol–water partition coefficient (Wildman–Crippen LogP) is 1.16. The van der Waals surface area contributed by atoms with Gasteiger partial charge in [0.15, 0.2) is 0 Å². The lowest BCUT2D eigenvalue weighted by Crippen LogP contribution is -2.30. The molecule has 0 saturated heterocycles. The van der Waals surface area contributed by atoms with Gasteiger partial charge in [-0.3, -0.25) is 0 Å². The Labute approximate surface area is 101 Å². The summed E-state index contributed by atoms with van der Waals surface area (Å²) >= 11 is 0. The monoisotopic (exact) mass is 253 g/mol. The van der Waals surface area contributed by atoms with Gasteiger partial charge in [-0.05, 0) is 32.0 Å². The second-order valence-electron chi connectivity index (χ2n) is 4.12. The van der Waals surface area contributed by atoms with Crippen molar-refractivity contribution in [2.45, 2.75) is 25.6 Å². The third-order valence-electron chi connectivity index (χ3n) is 2.50. The maximum atomic E-state index is 11.6. The van der Waals surface area contributed by atoms with Crippen LogP contribution >= 0.6 is 0 Å². The smallest absolute Gasteiger partial charge is 0.214 e. The fraction of sp³-hybridized carbons (Fsp3) is 0.364. The van der Waals surface area contributed by atoms with E-state index >= 15 is 0 Å². The van der Waals surface area contributed by atoms with E-state index < -0.39 is 15.3 Å². The predicted molar refractivity (Wildman–Crippen MR) is 66.1 cm³/mol. The van der Waals surface area contributed by atoms with E-state index in [0.717, 1.165) is 5.52 Å². The Kier molecular flexibility index (Phi) is 3.17. The Morgan fingerprint density at radius 2 is 2.18 bits per heavy atom. The molecule has 6 heteroatoms. The summed E-state index contributed by atoms with van der Waals surface area (Å²) in [7, 11) is -3.23. The molecule has 0 aromatic carbocycles. The highest BCUT2D eigenvalue weighted by molar-refractivity contribution is 7.90. The number of pyridine rings is 1. The first kappa shape index (κ1) is 12.1. The summed E-state index contributed by atoms with van der Waals surface area (Å²) in [6.07, 6.45) is 1.83. The van der Waals surface area contributed by atoms with E-state index in [4.69, 9.17) is 0 Å². The van der Waals surface area contributed by atoms with Gasteiger partial charge in [0, 0.05) is 6.20 Å². The second-order valence-corrected chi connectivity index (χ2v) is 6.44. The summed E-state index contributed by atoms with van der Waals surface area (Å²) in [4.78, 5) is 0. The normalized spacial score (nSPS) is 12.4. The van der Waals surface area contributed by atoms with E-state index in [1.807, 2.05) is 30.5 Å². The second kappa shape index (κ2) is 4.46. The first-order valence-corrected chi connectivity index (χ1v) is 6.95. The van der Waals surface area contributed by atoms with Crippen molar-refractivity contribution >= 4 is 15.5 Å². The van der Waals surface area contributed by atoms with Gasteiger partial charge in [0.1, 0.15) is 0 Å². The maximum Gasteiger partial charge on any atom is 0.214 e. The van der Waals surface area contributed by atoms with Crippen LogP contribution in [0, 0.1) is 0 Å². The molecule has 1 N–H and O–H groups in total. The lowest BCUT2D eigenvalue weighted by atomic mass is 10.3. The van der Waals surface area contributed by atoms with Crippen LogP contribution < -0.4 is 4.72 Å². The molecule has 2 aromatic heterocycles. The van der Waals surface area contributed by atoms with Crippen molar-refractivity contribution in [1.82, 2.24) is 14.3 Å². The molecule has 0 saturated carbocycles. The van der Waals surface area contributed by atoms with E-state index in [9.17, 15) is 8.42 Å². The highest BCUT2D eigenvalue weighted by Gasteiger charge is 2.15. The molecule has 2 aromatic rings. The molecule has 5 nitrogen and oxygen atoms in total. The standard InChI is InChI=1S/C11H15N3O2S/c1-9(2)17(15,16)12-8-10-7-11-5-3-4-6-14(11)13-10/h3-7,9,12H,8H2,1-2H3. The third kappa shape index (κ3) is 2.65. The van der Waals surface area contributed by atoms with Gasteiger partial charge in [0.2, 0.25) is 10.0 Å². The molecule has 0 aliphatic carbocycles. The first-order chi connectivity index (χ1) is 7.99. The summed E-state index contributed by atoms with van der Waals surface area (Å²) in [5.41, 5.74) is 1.66. The van der Waals surface area contributed by atoms with Crippen LogP contribution in [0.1, 0.15) is 19.5 Å². The Morgan fingerprint density at radius 1 is 1.41 bits per heavy atom. The molecule has 2 heterocycles. The van der Waals surface area contributed by atoms with Gasteiger partial charge in [-0.1, -0.05) is 6.07 Å². The fourth-order valence-corrected chi connectivity index (χ4v) is 2.10. The lowest BCUT2D eigenvalue weighted by molar-refractivity contribution is 0.571. The fourth-order valence-electron chi connectivity index (χ4n) is 1.42. The van der Waals surface area contributed by atoms with Crippen molar-refractivity contribution in [2.24, 2.45) is 0 Å². The molecule has 0 amide bonds. The zero-order chi connectivity index (χ0) is 12.5. The molecule has 92 valence electrons. The minimum Gasteiger partial charge on any atom is -0.241 e. The van der Waals surface area contributed by atoms with Crippen LogP contribution in [0.4, 0.5) is 0 Å². The quantitative estimate of drug-likeness (QED) is 0.889. The molecule has 17 heavy (non-hydrogen) atoms. The summed E-state index contributed by atoms with van der Waals surface area (Å²) < 4.78 is 27.4. The summed E-state index contributed by atoms with van der Waals surface area (Å²) in [5, 5.41) is 3.83. The van der Waals surface area contributed by atoms with Crippen molar-refractivity contribution < 1.29 is 8.42 Å². The SMILES string of the molecule is CC(C)S(=O)(=O)NCc1cc2ccccn2n1. The first-order valence-electron chi connectivity index (χ1n) is 5.41. The number of rotatable bonds is 4. The van der Waals surface area contributed by atoms with E-state index in [0.29, 0.717) is 5.69 Å². The van der Waals surface area contributed by atoms with Crippen LogP contribution in [0.15, 0.2) is 30.5 Å². The number of hydrogen-bond acceptors (Lipinski definition) is 3. The molecule has 0 unspecified atom stereocenters.